The van der Waals surface area contributed by atoms with E-state index in [0.29, 0.717) is 6.54 Å². The lowest BCUT2D eigenvalue weighted by molar-refractivity contribution is -0.126. The Kier molecular flexibility index (Phi) is 6.92. The van der Waals surface area contributed by atoms with Crippen LogP contribution < -0.4 is 15.4 Å². The molecule has 9 heteroatoms. The van der Waals surface area contributed by atoms with Gasteiger partial charge < -0.3 is 15.4 Å². The average molecular weight is 467 g/mol. The molecule has 1 saturated carbocycles. The molecule has 8 nitrogen and oxygen atoms in total. The number of benzene rings is 2. The third-order valence-corrected chi connectivity index (χ3v) is 6.18. The maximum Gasteiger partial charge on any atom is 0.224 e. The minimum atomic E-state index is -0.319. The lowest BCUT2D eigenvalue weighted by Gasteiger charge is -2.29. The van der Waals surface area contributed by atoms with Crippen LogP contribution >= 0.6 is 0 Å². The van der Waals surface area contributed by atoms with Gasteiger partial charge in [0.1, 0.15) is 17.9 Å². The molecule has 34 heavy (non-hydrogen) atoms. The van der Waals surface area contributed by atoms with Crippen LogP contribution in [0, 0.1) is 11.7 Å². The van der Waals surface area contributed by atoms with Crippen molar-refractivity contribution in [2.45, 2.75) is 57.7 Å². The van der Waals surface area contributed by atoms with Crippen molar-refractivity contribution in [3.05, 3.63) is 65.7 Å². The molecule has 3 unspecified atom stereocenters. The number of nitrogens with zero attached hydrogens (tertiary/aromatic N) is 4. The summed E-state index contributed by atoms with van der Waals surface area (Å²) in [5.74, 6) is 0.228. The van der Waals surface area contributed by atoms with Gasteiger partial charge in [-0.3, -0.25) is 4.79 Å². The average Bonchev–Trinajstić information content (AvgIpc) is 3.47. The molecule has 2 N–H and O–H groups in total. The molecule has 2 aromatic carbocycles. The first-order valence-corrected chi connectivity index (χ1v) is 11.5. The number of carbonyl (C=O) groups excluding carboxylic acids is 1. The van der Waals surface area contributed by atoms with Crippen molar-refractivity contribution in [1.29, 1.82) is 0 Å². The number of halogens is 1. The van der Waals surface area contributed by atoms with E-state index in [2.05, 4.69) is 26.2 Å². The zero-order valence-corrected chi connectivity index (χ0v) is 20.0. The number of carbonyl (C=O) groups is 1. The summed E-state index contributed by atoms with van der Waals surface area (Å²) >= 11 is 0. The van der Waals surface area contributed by atoms with Crippen molar-refractivity contribution >= 4 is 5.91 Å². The summed E-state index contributed by atoms with van der Waals surface area (Å²) in [5.41, 5.74) is 2.42. The van der Waals surface area contributed by atoms with Gasteiger partial charge in [-0.15, -0.1) is 5.10 Å². The van der Waals surface area contributed by atoms with Gasteiger partial charge in [0.2, 0.25) is 5.91 Å². The molecule has 1 fully saturated rings. The van der Waals surface area contributed by atoms with Crippen LogP contribution in [0.2, 0.25) is 0 Å². The number of methoxy groups -OCH3 is 1. The molecule has 0 bridgehead atoms. The van der Waals surface area contributed by atoms with E-state index in [4.69, 9.17) is 4.74 Å². The standard InChI is InChI=1S/C25H31FN6O2/c1-25(2,3)29-24(33)20-10-11-21(23(20)16-5-7-18(26)8-6-16)27-14-17-13-19(9-12-22(17)34-4)32-15-28-30-31-32/h5-9,12-13,15,20-21,23,27H,10-11,14H2,1-4H3,(H,29,33). The second kappa shape index (κ2) is 9.89. The lowest BCUT2D eigenvalue weighted by atomic mass is 9.85. The zero-order valence-electron chi connectivity index (χ0n) is 20.0. The first-order valence-electron chi connectivity index (χ1n) is 11.5. The molecular formula is C25H31FN6O2. The molecule has 4 rings (SSSR count). The summed E-state index contributed by atoms with van der Waals surface area (Å²) in [6.45, 7) is 6.47. The summed E-state index contributed by atoms with van der Waals surface area (Å²) in [4.78, 5) is 13.2. The lowest BCUT2D eigenvalue weighted by Crippen LogP contribution is -2.45. The van der Waals surface area contributed by atoms with Gasteiger partial charge in [-0.05, 0) is 79.9 Å². The van der Waals surface area contributed by atoms with E-state index in [-0.39, 0.29) is 35.1 Å². The van der Waals surface area contributed by atoms with E-state index >= 15 is 0 Å². The summed E-state index contributed by atoms with van der Waals surface area (Å²) in [6, 6.07) is 12.3. The van der Waals surface area contributed by atoms with E-state index in [9.17, 15) is 9.18 Å². The number of aromatic nitrogens is 4. The summed E-state index contributed by atoms with van der Waals surface area (Å²) in [5, 5.41) is 18.1. The van der Waals surface area contributed by atoms with Crippen molar-refractivity contribution < 1.29 is 13.9 Å². The Morgan fingerprint density at radius 1 is 1.18 bits per heavy atom. The van der Waals surface area contributed by atoms with Crippen LogP contribution in [0.25, 0.3) is 5.69 Å². The highest BCUT2D eigenvalue weighted by Gasteiger charge is 2.41. The first kappa shape index (κ1) is 23.8. The van der Waals surface area contributed by atoms with E-state index < -0.39 is 0 Å². The molecule has 3 atom stereocenters. The van der Waals surface area contributed by atoms with Crippen LogP contribution in [0.3, 0.4) is 0 Å². The quantitative estimate of drug-likeness (QED) is 0.555. The molecule has 1 aliphatic carbocycles. The van der Waals surface area contributed by atoms with Crippen LogP contribution in [0.1, 0.15) is 50.7 Å². The molecule has 0 saturated heterocycles. The molecule has 1 aromatic heterocycles. The Labute approximate surface area is 198 Å². The number of ether oxygens (including phenoxy) is 1. The predicted molar refractivity (Wildman–Crippen MR) is 126 cm³/mol. The van der Waals surface area contributed by atoms with Crippen LogP contribution in [0.5, 0.6) is 5.75 Å². The van der Waals surface area contributed by atoms with Crippen LogP contribution in [-0.4, -0.2) is 44.8 Å². The van der Waals surface area contributed by atoms with Gasteiger partial charge in [0.05, 0.1) is 12.8 Å². The Balaban J connectivity index is 1.57. The second-order valence-corrected chi connectivity index (χ2v) is 9.74. The zero-order chi connectivity index (χ0) is 24.3. The Hall–Kier alpha value is -3.33. The maximum atomic E-state index is 13.6. The van der Waals surface area contributed by atoms with Crippen LogP contribution in [-0.2, 0) is 11.3 Å². The fraction of sp³-hybridized carbons (Fsp3) is 0.440. The molecule has 1 amide bonds. The van der Waals surface area contributed by atoms with Crippen molar-refractivity contribution in [3.8, 4) is 11.4 Å². The van der Waals surface area contributed by atoms with Crippen LogP contribution in [0.15, 0.2) is 48.8 Å². The van der Waals surface area contributed by atoms with Gasteiger partial charge in [-0.2, -0.15) is 0 Å². The van der Waals surface area contributed by atoms with Crippen molar-refractivity contribution in [2.75, 3.05) is 7.11 Å². The predicted octanol–water partition coefficient (Wildman–Crippen LogP) is 3.38. The van der Waals surface area contributed by atoms with Crippen molar-refractivity contribution in [2.24, 2.45) is 5.92 Å². The number of hydrogen-bond donors (Lipinski definition) is 2. The third kappa shape index (κ3) is 5.41. The summed E-state index contributed by atoms with van der Waals surface area (Å²) < 4.78 is 20.8. The first-order chi connectivity index (χ1) is 16.2. The highest BCUT2D eigenvalue weighted by Crippen LogP contribution is 2.41. The van der Waals surface area contributed by atoms with Crippen molar-refractivity contribution in [3.63, 3.8) is 0 Å². The Bertz CT molecular complexity index is 1110. The Morgan fingerprint density at radius 3 is 2.59 bits per heavy atom. The van der Waals surface area contributed by atoms with Gasteiger partial charge in [-0.1, -0.05) is 12.1 Å². The van der Waals surface area contributed by atoms with Gasteiger partial charge in [0.15, 0.2) is 0 Å². The largest absolute Gasteiger partial charge is 0.496 e. The van der Waals surface area contributed by atoms with Crippen LogP contribution in [0.4, 0.5) is 4.39 Å². The number of nitrogens with one attached hydrogen (secondary N) is 2. The van der Waals surface area contributed by atoms with Crippen molar-refractivity contribution in [1.82, 2.24) is 30.8 Å². The molecule has 1 heterocycles. The number of rotatable bonds is 7. The van der Waals surface area contributed by atoms with E-state index in [1.54, 1.807) is 30.3 Å². The van der Waals surface area contributed by atoms with E-state index in [0.717, 1.165) is 35.4 Å². The summed E-state index contributed by atoms with van der Waals surface area (Å²) in [6.07, 6.45) is 3.13. The van der Waals surface area contributed by atoms with Gasteiger partial charge in [0.25, 0.3) is 0 Å². The monoisotopic (exact) mass is 466 g/mol. The molecule has 0 spiro atoms. The summed E-state index contributed by atoms with van der Waals surface area (Å²) in [7, 11) is 1.64. The fourth-order valence-electron chi connectivity index (χ4n) is 4.70. The second-order valence-electron chi connectivity index (χ2n) is 9.74. The minimum Gasteiger partial charge on any atom is -0.496 e. The van der Waals surface area contributed by atoms with E-state index in [1.165, 1.54) is 12.1 Å². The van der Waals surface area contributed by atoms with Gasteiger partial charge in [0, 0.05) is 35.5 Å². The SMILES string of the molecule is COc1ccc(-n2cnnn2)cc1CNC1CCC(C(=O)NC(C)(C)C)C1c1ccc(F)cc1. The molecular weight excluding hydrogens is 435 g/mol. The number of tetrazole rings is 1. The number of hydrogen-bond acceptors (Lipinski definition) is 6. The highest BCUT2D eigenvalue weighted by atomic mass is 19.1. The molecule has 1 aliphatic rings. The fourth-order valence-corrected chi connectivity index (χ4v) is 4.70. The normalized spacial score (nSPS) is 20.3. The smallest absolute Gasteiger partial charge is 0.224 e. The third-order valence-electron chi connectivity index (χ3n) is 6.18. The van der Waals surface area contributed by atoms with Gasteiger partial charge >= 0.3 is 0 Å². The minimum absolute atomic E-state index is 0.0318. The molecule has 180 valence electrons. The molecule has 3 aromatic rings. The van der Waals surface area contributed by atoms with Gasteiger partial charge in [-0.25, -0.2) is 9.07 Å². The molecule has 0 radical (unpaired) electrons. The maximum absolute atomic E-state index is 13.6. The highest BCUT2D eigenvalue weighted by molar-refractivity contribution is 5.81. The van der Waals surface area contributed by atoms with E-state index in [1.807, 2.05) is 39.0 Å². The number of amides is 1. The molecule has 0 aliphatic heterocycles. The Morgan fingerprint density at radius 2 is 1.94 bits per heavy atom. The topological polar surface area (TPSA) is 94.0 Å².